The first-order chi connectivity index (χ1) is 7.65. The lowest BCUT2D eigenvalue weighted by molar-refractivity contribution is 0.0429. The van der Waals surface area contributed by atoms with Crippen LogP contribution in [0.1, 0.15) is 40.0 Å². The highest BCUT2D eigenvalue weighted by Gasteiger charge is 2.51. The first-order valence-corrected chi connectivity index (χ1v) is 6.86. The van der Waals surface area contributed by atoms with Gasteiger partial charge >= 0.3 is 0 Å². The minimum atomic E-state index is 0.263. The molecular formula is C13H27N3. The number of hydrogen-bond acceptors (Lipinski definition) is 3. The van der Waals surface area contributed by atoms with Crippen LogP contribution in [-0.4, -0.2) is 53.6 Å². The fraction of sp³-hybridized carbons (Fsp3) is 1.00. The zero-order chi connectivity index (χ0) is 11.8. The summed E-state index contributed by atoms with van der Waals surface area (Å²) in [5.41, 5.74) is 6.43. The van der Waals surface area contributed by atoms with Crippen LogP contribution in [0.5, 0.6) is 0 Å². The number of nitrogens with two attached hydrogens (primary N) is 1. The summed E-state index contributed by atoms with van der Waals surface area (Å²) in [6.07, 6.45) is 3.97. The maximum Gasteiger partial charge on any atom is 0.0501 e. The van der Waals surface area contributed by atoms with Crippen molar-refractivity contribution in [3.8, 4) is 0 Å². The summed E-state index contributed by atoms with van der Waals surface area (Å²) in [5.74, 6) is 0. The van der Waals surface area contributed by atoms with Crippen LogP contribution in [0.15, 0.2) is 0 Å². The van der Waals surface area contributed by atoms with Crippen molar-refractivity contribution in [2.24, 2.45) is 5.73 Å². The van der Waals surface area contributed by atoms with Gasteiger partial charge in [-0.1, -0.05) is 6.92 Å². The number of nitrogens with zero attached hydrogens (tertiary/aromatic N) is 2. The Bertz CT molecular complexity index is 241. The second-order valence-electron chi connectivity index (χ2n) is 5.63. The van der Waals surface area contributed by atoms with E-state index in [4.69, 9.17) is 5.73 Å². The van der Waals surface area contributed by atoms with Crippen LogP contribution in [0.3, 0.4) is 0 Å². The minimum Gasteiger partial charge on any atom is -0.329 e. The molecule has 94 valence electrons. The minimum absolute atomic E-state index is 0.263. The zero-order valence-electron chi connectivity index (χ0n) is 11.1. The van der Waals surface area contributed by atoms with E-state index in [1.54, 1.807) is 0 Å². The Morgan fingerprint density at radius 2 is 2.19 bits per heavy atom. The smallest absolute Gasteiger partial charge is 0.0501 e. The summed E-state index contributed by atoms with van der Waals surface area (Å²) in [7, 11) is 0. The second kappa shape index (κ2) is 4.63. The molecule has 0 amide bonds. The zero-order valence-corrected chi connectivity index (χ0v) is 11.1. The molecule has 2 rings (SSSR count). The molecule has 0 aromatic rings. The van der Waals surface area contributed by atoms with Crippen LogP contribution in [0.4, 0.5) is 0 Å². The van der Waals surface area contributed by atoms with Gasteiger partial charge in [-0.2, -0.15) is 0 Å². The van der Waals surface area contributed by atoms with Crippen molar-refractivity contribution in [1.29, 1.82) is 0 Å². The summed E-state index contributed by atoms with van der Waals surface area (Å²) in [6.45, 7) is 11.4. The van der Waals surface area contributed by atoms with Crippen LogP contribution in [0, 0.1) is 0 Å². The largest absolute Gasteiger partial charge is 0.329 e. The van der Waals surface area contributed by atoms with Crippen LogP contribution < -0.4 is 5.73 Å². The molecule has 0 aromatic carbocycles. The molecule has 2 unspecified atom stereocenters. The van der Waals surface area contributed by atoms with Crippen molar-refractivity contribution in [3.63, 3.8) is 0 Å². The molecule has 3 nitrogen and oxygen atoms in total. The lowest BCUT2D eigenvalue weighted by Gasteiger charge is -2.46. The van der Waals surface area contributed by atoms with Gasteiger partial charge in [-0.3, -0.25) is 9.80 Å². The summed E-state index contributed by atoms with van der Waals surface area (Å²) >= 11 is 0. The molecule has 0 saturated carbocycles. The number of rotatable bonds is 4. The van der Waals surface area contributed by atoms with Gasteiger partial charge in [0.2, 0.25) is 0 Å². The molecule has 2 fully saturated rings. The molecule has 2 heterocycles. The standard InChI is InChI=1S/C13H27N3/c1-4-16(11(2)3)13(10-14)7-9-15-8-5-6-12(13)15/h11-12H,4-10,14H2,1-3H3. The van der Waals surface area contributed by atoms with E-state index in [1.807, 2.05) is 0 Å². The molecule has 0 bridgehead atoms. The van der Waals surface area contributed by atoms with Crippen molar-refractivity contribution in [2.45, 2.75) is 57.7 Å². The Balaban J connectivity index is 2.24. The number of likely N-dealkylation sites (N-methyl/N-ethyl adjacent to an activating group) is 1. The van der Waals surface area contributed by atoms with Gasteiger partial charge in [-0.25, -0.2) is 0 Å². The summed E-state index contributed by atoms with van der Waals surface area (Å²) in [5, 5.41) is 0. The molecule has 0 aromatic heterocycles. The van der Waals surface area contributed by atoms with E-state index in [0.29, 0.717) is 6.04 Å². The normalized spacial score (nSPS) is 35.2. The molecular weight excluding hydrogens is 198 g/mol. The molecule has 0 radical (unpaired) electrons. The van der Waals surface area contributed by atoms with Gasteiger partial charge < -0.3 is 5.73 Å². The fourth-order valence-electron chi connectivity index (χ4n) is 4.09. The topological polar surface area (TPSA) is 32.5 Å². The van der Waals surface area contributed by atoms with E-state index >= 15 is 0 Å². The molecule has 0 spiro atoms. The lowest BCUT2D eigenvalue weighted by atomic mass is 9.85. The maximum absolute atomic E-state index is 6.17. The Labute approximate surface area is 100.0 Å². The highest BCUT2D eigenvalue weighted by molar-refractivity contribution is 5.10. The maximum atomic E-state index is 6.17. The van der Waals surface area contributed by atoms with Crippen LogP contribution >= 0.6 is 0 Å². The van der Waals surface area contributed by atoms with Crippen LogP contribution in [0.2, 0.25) is 0 Å². The third kappa shape index (κ3) is 1.69. The van der Waals surface area contributed by atoms with Crippen molar-refractivity contribution >= 4 is 0 Å². The molecule has 2 aliphatic rings. The lowest BCUT2D eigenvalue weighted by Crippen LogP contribution is -2.61. The van der Waals surface area contributed by atoms with E-state index < -0.39 is 0 Å². The molecule has 2 atom stereocenters. The van der Waals surface area contributed by atoms with Gasteiger partial charge in [0.1, 0.15) is 0 Å². The Morgan fingerprint density at radius 3 is 2.75 bits per heavy atom. The summed E-state index contributed by atoms with van der Waals surface area (Å²) in [6, 6.07) is 1.33. The Hall–Kier alpha value is -0.120. The predicted molar refractivity (Wildman–Crippen MR) is 68.5 cm³/mol. The van der Waals surface area contributed by atoms with Crippen LogP contribution in [-0.2, 0) is 0 Å². The first kappa shape index (κ1) is 12.3. The van der Waals surface area contributed by atoms with E-state index in [-0.39, 0.29) is 5.54 Å². The molecule has 2 saturated heterocycles. The molecule has 0 aliphatic carbocycles. The van der Waals surface area contributed by atoms with Crippen molar-refractivity contribution in [2.75, 3.05) is 26.2 Å². The average molecular weight is 225 g/mol. The number of fused-ring (bicyclic) bond motifs is 1. The Kier molecular flexibility index (Phi) is 3.57. The van der Waals surface area contributed by atoms with E-state index in [2.05, 4.69) is 30.6 Å². The van der Waals surface area contributed by atoms with E-state index in [0.717, 1.165) is 19.1 Å². The highest BCUT2D eigenvalue weighted by Crippen LogP contribution is 2.40. The summed E-state index contributed by atoms with van der Waals surface area (Å²) in [4.78, 5) is 5.31. The van der Waals surface area contributed by atoms with E-state index in [9.17, 15) is 0 Å². The molecule has 3 heteroatoms. The van der Waals surface area contributed by atoms with E-state index in [1.165, 1.54) is 32.4 Å². The van der Waals surface area contributed by atoms with Gasteiger partial charge in [-0.05, 0) is 46.2 Å². The predicted octanol–water partition coefficient (Wildman–Crippen LogP) is 1.28. The van der Waals surface area contributed by atoms with Crippen molar-refractivity contribution in [1.82, 2.24) is 9.80 Å². The van der Waals surface area contributed by atoms with Crippen molar-refractivity contribution in [3.05, 3.63) is 0 Å². The second-order valence-corrected chi connectivity index (χ2v) is 5.63. The van der Waals surface area contributed by atoms with Crippen LogP contribution in [0.25, 0.3) is 0 Å². The van der Waals surface area contributed by atoms with Crippen molar-refractivity contribution < 1.29 is 0 Å². The quantitative estimate of drug-likeness (QED) is 0.782. The number of hydrogen-bond donors (Lipinski definition) is 1. The van der Waals surface area contributed by atoms with Gasteiger partial charge in [0.05, 0.1) is 5.54 Å². The van der Waals surface area contributed by atoms with Gasteiger partial charge in [-0.15, -0.1) is 0 Å². The third-order valence-corrected chi connectivity index (χ3v) is 4.71. The third-order valence-electron chi connectivity index (χ3n) is 4.71. The van der Waals surface area contributed by atoms with Gasteiger partial charge in [0.15, 0.2) is 0 Å². The first-order valence-electron chi connectivity index (χ1n) is 6.86. The molecule has 2 N–H and O–H groups in total. The molecule has 16 heavy (non-hydrogen) atoms. The van der Waals surface area contributed by atoms with Gasteiger partial charge in [0.25, 0.3) is 0 Å². The van der Waals surface area contributed by atoms with Gasteiger partial charge in [0, 0.05) is 25.2 Å². The Morgan fingerprint density at radius 1 is 1.44 bits per heavy atom. The SMILES string of the molecule is CCN(C(C)C)C1(CN)CCN2CCCC21. The average Bonchev–Trinajstić information content (AvgIpc) is 2.82. The summed E-state index contributed by atoms with van der Waals surface area (Å²) < 4.78 is 0. The monoisotopic (exact) mass is 225 g/mol. The highest BCUT2D eigenvalue weighted by atomic mass is 15.3. The fourth-order valence-corrected chi connectivity index (χ4v) is 4.09. The molecule has 2 aliphatic heterocycles.